The van der Waals surface area contributed by atoms with Gasteiger partial charge < -0.3 is 15.0 Å². The van der Waals surface area contributed by atoms with Crippen molar-refractivity contribution in [3.63, 3.8) is 0 Å². The average Bonchev–Trinajstić information content (AvgIpc) is 3.25. The number of carbonyl (C=O) groups is 1. The summed E-state index contributed by atoms with van der Waals surface area (Å²) in [5.41, 5.74) is 2.64. The van der Waals surface area contributed by atoms with Crippen LogP contribution in [0.25, 0.3) is 0 Å². The lowest BCUT2D eigenvalue weighted by molar-refractivity contribution is -0.132. The van der Waals surface area contributed by atoms with E-state index in [-0.39, 0.29) is 24.2 Å². The van der Waals surface area contributed by atoms with Crippen molar-refractivity contribution in [3.05, 3.63) is 78.0 Å². The number of ether oxygens (including phenoxy) is 1. The summed E-state index contributed by atoms with van der Waals surface area (Å²) in [5.74, 6) is 1.01. The van der Waals surface area contributed by atoms with Crippen LogP contribution in [0.5, 0.6) is 5.75 Å². The standard InChI is InChI=1S/C23H23FN4O2/c1-16-11-19(27-22-8-7-18(24)13-25-22)12-21(26-16)17-9-10-28(14-17)23(29)15-30-20-5-3-2-4-6-20/h2-8,11-13,17H,9-10,14-15H2,1H3,(H,25,26,27)/t17-/m0/s1. The van der Waals surface area contributed by atoms with Gasteiger partial charge >= 0.3 is 0 Å². The van der Waals surface area contributed by atoms with Crippen molar-refractivity contribution in [3.8, 4) is 5.75 Å². The zero-order valence-electron chi connectivity index (χ0n) is 16.7. The number of pyridine rings is 2. The van der Waals surface area contributed by atoms with Gasteiger partial charge in [0, 0.05) is 36.1 Å². The van der Waals surface area contributed by atoms with Gasteiger partial charge in [0.2, 0.25) is 0 Å². The summed E-state index contributed by atoms with van der Waals surface area (Å²) in [7, 11) is 0. The molecule has 6 nitrogen and oxygen atoms in total. The lowest BCUT2D eigenvalue weighted by Crippen LogP contribution is -2.32. The number of aromatic nitrogens is 2. The summed E-state index contributed by atoms with van der Waals surface area (Å²) >= 11 is 0. The molecule has 1 aliphatic heterocycles. The molecule has 154 valence electrons. The van der Waals surface area contributed by atoms with Crippen LogP contribution in [-0.2, 0) is 4.79 Å². The zero-order valence-corrected chi connectivity index (χ0v) is 16.7. The largest absolute Gasteiger partial charge is 0.484 e. The molecule has 4 rings (SSSR count). The molecule has 0 bridgehead atoms. The summed E-state index contributed by atoms with van der Waals surface area (Å²) in [4.78, 5) is 23.1. The Morgan fingerprint density at radius 1 is 1.23 bits per heavy atom. The van der Waals surface area contributed by atoms with Crippen molar-refractivity contribution >= 4 is 17.4 Å². The van der Waals surface area contributed by atoms with Gasteiger partial charge in [0.05, 0.1) is 6.20 Å². The maximum absolute atomic E-state index is 13.1. The summed E-state index contributed by atoms with van der Waals surface area (Å²) in [6, 6.07) is 16.2. The third-order valence-electron chi connectivity index (χ3n) is 5.04. The molecule has 3 heterocycles. The number of carbonyl (C=O) groups excluding carboxylic acids is 1. The topological polar surface area (TPSA) is 67.4 Å². The average molecular weight is 406 g/mol. The fraction of sp³-hybridized carbons (Fsp3) is 0.261. The second-order valence-corrected chi connectivity index (χ2v) is 7.34. The monoisotopic (exact) mass is 406 g/mol. The highest BCUT2D eigenvalue weighted by molar-refractivity contribution is 5.78. The highest BCUT2D eigenvalue weighted by Crippen LogP contribution is 2.29. The normalized spacial score (nSPS) is 15.8. The van der Waals surface area contributed by atoms with Gasteiger partial charge in [-0.1, -0.05) is 18.2 Å². The Bertz CT molecular complexity index is 1010. The first-order valence-corrected chi connectivity index (χ1v) is 9.89. The molecule has 30 heavy (non-hydrogen) atoms. The smallest absolute Gasteiger partial charge is 0.260 e. The molecule has 3 aromatic rings. The van der Waals surface area contributed by atoms with Crippen LogP contribution >= 0.6 is 0 Å². The van der Waals surface area contributed by atoms with Crippen LogP contribution in [0.2, 0.25) is 0 Å². The number of aryl methyl sites for hydroxylation is 1. The van der Waals surface area contributed by atoms with Crippen LogP contribution in [-0.4, -0.2) is 40.5 Å². The fourth-order valence-corrected chi connectivity index (χ4v) is 3.55. The van der Waals surface area contributed by atoms with Crippen LogP contribution in [0, 0.1) is 12.7 Å². The lowest BCUT2D eigenvalue weighted by atomic mass is 10.0. The van der Waals surface area contributed by atoms with Crippen LogP contribution in [0.3, 0.4) is 0 Å². The maximum Gasteiger partial charge on any atom is 0.260 e. The molecule has 0 aliphatic carbocycles. The predicted molar refractivity (Wildman–Crippen MR) is 112 cm³/mol. The minimum absolute atomic E-state index is 0.0251. The summed E-state index contributed by atoms with van der Waals surface area (Å²) in [5, 5.41) is 3.19. The van der Waals surface area contributed by atoms with Gasteiger partial charge in [-0.2, -0.15) is 0 Å². The number of hydrogen-bond donors (Lipinski definition) is 1. The molecular weight excluding hydrogens is 383 g/mol. The van der Waals surface area contributed by atoms with E-state index in [0.717, 1.165) is 23.5 Å². The fourth-order valence-electron chi connectivity index (χ4n) is 3.55. The molecule has 1 saturated heterocycles. The number of likely N-dealkylation sites (tertiary alicyclic amines) is 1. The van der Waals surface area contributed by atoms with Crippen molar-refractivity contribution in [2.45, 2.75) is 19.3 Å². The molecular formula is C23H23FN4O2. The van der Waals surface area contributed by atoms with Crippen LogP contribution < -0.4 is 10.1 Å². The van der Waals surface area contributed by atoms with Crippen LogP contribution in [0.15, 0.2) is 60.8 Å². The van der Waals surface area contributed by atoms with Gasteiger partial charge in [-0.25, -0.2) is 9.37 Å². The number of para-hydroxylation sites is 1. The van der Waals surface area contributed by atoms with Gasteiger partial charge in [-0.05, 0) is 49.7 Å². The molecule has 1 fully saturated rings. The highest BCUT2D eigenvalue weighted by atomic mass is 19.1. The van der Waals surface area contributed by atoms with E-state index in [9.17, 15) is 9.18 Å². The first kappa shape index (κ1) is 19.8. The third-order valence-corrected chi connectivity index (χ3v) is 5.04. The maximum atomic E-state index is 13.1. The zero-order chi connectivity index (χ0) is 20.9. The molecule has 1 atom stereocenters. The first-order valence-electron chi connectivity index (χ1n) is 9.89. The van der Waals surface area contributed by atoms with E-state index in [1.165, 1.54) is 12.3 Å². The Kier molecular flexibility index (Phi) is 5.88. The molecule has 0 radical (unpaired) electrons. The molecule has 0 spiro atoms. The number of hydrogen-bond acceptors (Lipinski definition) is 5. The van der Waals surface area contributed by atoms with Crippen molar-refractivity contribution in [1.29, 1.82) is 0 Å². The van der Waals surface area contributed by atoms with E-state index in [1.54, 1.807) is 6.07 Å². The van der Waals surface area contributed by atoms with Crippen molar-refractivity contribution in [1.82, 2.24) is 14.9 Å². The number of amides is 1. The molecule has 0 saturated carbocycles. The second-order valence-electron chi connectivity index (χ2n) is 7.34. The van der Waals surface area contributed by atoms with E-state index in [4.69, 9.17) is 4.74 Å². The van der Waals surface area contributed by atoms with E-state index in [0.29, 0.717) is 24.7 Å². The Hall–Kier alpha value is -3.48. The number of halogens is 1. The lowest BCUT2D eigenvalue weighted by Gasteiger charge is -2.17. The van der Waals surface area contributed by atoms with Crippen LogP contribution in [0.4, 0.5) is 15.9 Å². The quantitative estimate of drug-likeness (QED) is 0.669. The van der Waals surface area contributed by atoms with Crippen molar-refractivity contribution < 1.29 is 13.9 Å². The minimum Gasteiger partial charge on any atom is -0.484 e. The number of anilines is 2. The molecule has 1 aromatic carbocycles. The minimum atomic E-state index is -0.376. The van der Waals surface area contributed by atoms with E-state index in [1.807, 2.05) is 54.3 Å². The van der Waals surface area contributed by atoms with Gasteiger partial charge in [0.15, 0.2) is 6.61 Å². The predicted octanol–water partition coefficient (Wildman–Crippen LogP) is 4.06. The summed E-state index contributed by atoms with van der Waals surface area (Å²) in [6.07, 6.45) is 2.02. The Balaban J connectivity index is 1.39. The molecule has 1 amide bonds. The number of rotatable bonds is 6. The molecule has 1 N–H and O–H groups in total. The van der Waals surface area contributed by atoms with Gasteiger partial charge in [-0.15, -0.1) is 0 Å². The summed E-state index contributed by atoms with van der Waals surface area (Å²) in [6.45, 7) is 3.25. The summed E-state index contributed by atoms with van der Waals surface area (Å²) < 4.78 is 18.7. The Labute approximate surface area is 174 Å². The molecule has 2 aromatic heterocycles. The van der Waals surface area contributed by atoms with E-state index in [2.05, 4.69) is 15.3 Å². The number of benzene rings is 1. The molecule has 1 aliphatic rings. The first-order chi connectivity index (χ1) is 14.6. The molecule has 7 heteroatoms. The number of nitrogens with one attached hydrogen (secondary N) is 1. The SMILES string of the molecule is Cc1cc(Nc2ccc(F)cn2)cc([C@H]2CCN(C(=O)COc3ccccc3)C2)n1. The third kappa shape index (κ3) is 4.92. The van der Waals surface area contributed by atoms with Crippen molar-refractivity contribution in [2.24, 2.45) is 0 Å². The Morgan fingerprint density at radius 2 is 2.07 bits per heavy atom. The van der Waals surface area contributed by atoms with Gasteiger partial charge in [0.1, 0.15) is 17.4 Å². The van der Waals surface area contributed by atoms with E-state index >= 15 is 0 Å². The van der Waals surface area contributed by atoms with Crippen LogP contribution in [0.1, 0.15) is 23.7 Å². The molecule has 0 unspecified atom stereocenters. The second kappa shape index (κ2) is 8.90. The Morgan fingerprint density at radius 3 is 2.83 bits per heavy atom. The van der Waals surface area contributed by atoms with E-state index < -0.39 is 0 Å². The highest BCUT2D eigenvalue weighted by Gasteiger charge is 2.28. The van der Waals surface area contributed by atoms with Gasteiger partial charge in [-0.3, -0.25) is 9.78 Å². The van der Waals surface area contributed by atoms with Gasteiger partial charge in [0.25, 0.3) is 5.91 Å². The number of nitrogens with zero attached hydrogens (tertiary/aromatic N) is 3. The van der Waals surface area contributed by atoms with Crippen molar-refractivity contribution in [2.75, 3.05) is 25.0 Å².